The molecule has 7 heteroatoms. The second kappa shape index (κ2) is 9.12. The van der Waals surface area contributed by atoms with Gasteiger partial charge in [0.05, 0.1) is 16.8 Å². The standard InChI is InChI=1S/C20H25N3O4/c1-5-10-21-19(25)14(4)23-17(24)11-27-20(26)18-12(2)15-8-6-7-9-16(15)22-13(18)3/h6-9,14H,5,10-11H2,1-4H3,(H,21,25)(H,23,24)/t14-/m1/s1. The second-order valence-electron chi connectivity index (χ2n) is 6.37. The van der Waals surface area contributed by atoms with Crippen molar-refractivity contribution in [3.63, 3.8) is 0 Å². The molecule has 0 aliphatic carbocycles. The van der Waals surface area contributed by atoms with Crippen molar-refractivity contribution in [1.29, 1.82) is 0 Å². The molecule has 0 aliphatic heterocycles. The average Bonchev–Trinajstić information content (AvgIpc) is 2.64. The number of para-hydroxylation sites is 1. The highest BCUT2D eigenvalue weighted by molar-refractivity contribution is 5.99. The summed E-state index contributed by atoms with van der Waals surface area (Å²) in [5.74, 6) is -1.42. The van der Waals surface area contributed by atoms with Crippen LogP contribution in [0.1, 0.15) is 41.9 Å². The van der Waals surface area contributed by atoms with E-state index in [1.165, 1.54) is 0 Å². The molecule has 1 aromatic carbocycles. The summed E-state index contributed by atoms with van der Waals surface area (Å²) in [4.78, 5) is 40.6. The number of fused-ring (bicyclic) bond motifs is 1. The molecule has 1 heterocycles. The molecule has 2 amide bonds. The zero-order chi connectivity index (χ0) is 20.0. The first-order valence-electron chi connectivity index (χ1n) is 8.95. The van der Waals surface area contributed by atoms with E-state index in [1.807, 2.05) is 38.1 Å². The van der Waals surface area contributed by atoms with Crippen LogP contribution in [-0.4, -0.2) is 42.0 Å². The van der Waals surface area contributed by atoms with Crippen LogP contribution in [0.25, 0.3) is 10.9 Å². The topological polar surface area (TPSA) is 97.4 Å². The van der Waals surface area contributed by atoms with E-state index in [0.717, 1.165) is 22.9 Å². The molecule has 7 nitrogen and oxygen atoms in total. The highest BCUT2D eigenvalue weighted by Crippen LogP contribution is 2.23. The van der Waals surface area contributed by atoms with Crippen molar-refractivity contribution in [2.75, 3.05) is 13.2 Å². The van der Waals surface area contributed by atoms with E-state index in [1.54, 1.807) is 13.8 Å². The summed E-state index contributed by atoms with van der Waals surface area (Å²) in [6.07, 6.45) is 0.808. The molecule has 0 saturated carbocycles. The number of benzene rings is 1. The fourth-order valence-corrected chi connectivity index (χ4v) is 2.78. The molecule has 0 spiro atoms. The Hall–Kier alpha value is -2.96. The summed E-state index contributed by atoms with van der Waals surface area (Å²) in [5, 5.41) is 6.06. The van der Waals surface area contributed by atoms with Gasteiger partial charge in [-0.25, -0.2) is 4.79 Å². The summed E-state index contributed by atoms with van der Waals surface area (Å²) >= 11 is 0. The number of pyridine rings is 1. The van der Waals surface area contributed by atoms with Gasteiger partial charge >= 0.3 is 5.97 Å². The number of esters is 1. The zero-order valence-corrected chi connectivity index (χ0v) is 16.1. The molecule has 2 rings (SSSR count). The minimum Gasteiger partial charge on any atom is -0.452 e. The van der Waals surface area contributed by atoms with E-state index in [0.29, 0.717) is 17.8 Å². The Morgan fingerprint density at radius 2 is 1.89 bits per heavy atom. The third-order valence-corrected chi connectivity index (χ3v) is 4.19. The summed E-state index contributed by atoms with van der Waals surface area (Å²) in [5.41, 5.74) is 2.46. The summed E-state index contributed by atoms with van der Waals surface area (Å²) in [6.45, 7) is 7.16. The molecule has 144 valence electrons. The van der Waals surface area contributed by atoms with Gasteiger partial charge in [0, 0.05) is 11.9 Å². The molecule has 27 heavy (non-hydrogen) atoms. The fraction of sp³-hybridized carbons (Fsp3) is 0.400. The van der Waals surface area contributed by atoms with E-state index in [4.69, 9.17) is 4.74 Å². The average molecular weight is 371 g/mol. The predicted molar refractivity (Wildman–Crippen MR) is 102 cm³/mol. The van der Waals surface area contributed by atoms with Gasteiger partial charge in [-0.3, -0.25) is 14.6 Å². The van der Waals surface area contributed by atoms with Crippen molar-refractivity contribution in [3.05, 3.63) is 41.1 Å². The molecular formula is C20H25N3O4. The number of rotatable bonds is 7. The number of aryl methyl sites for hydroxylation is 2. The first-order valence-corrected chi connectivity index (χ1v) is 8.95. The molecule has 2 N–H and O–H groups in total. The molecule has 1 aromatic heterocycles. The van der Waals surface area contributed by atoms with Crippen molar-refractivity contribution in [3.8, 4) is 0 Å². The lowest BCUT2D eigenvalue weighted by Crippen LogP contribution is -2.46. The van der Waals surface area contributed by atoms with Gasteiger partial charge in [-0.05, 0) is 38.8 Å². The Bertz CT molecular complexity index is 864. The number of ether oxygens (including phenoxy) is 1. The maximum atomic E-state index is 12.5. The van der Waals surface area contributed by atoms with E-state index in [2.05, 4.69) is 15.6 Å². The van der Waals surface area contributed by atoms with Crippen molar-refractivity contribution in [2.45, 2.75) is 40.2 Å². The van der Waals surface area contributed by atoms with Crippen molar-refractivity contribution in [1.82, 2.24) is 15.6 Å². The largest absolute Gasteiger partial charge is 0.452 e. The molecule has 1 atom stereocenters. The van der Waals surface area contributed by atoms with E-state index >= 15 is 0 Å². The Morgan fingerprint density at radius 3 is 2.59 bits per heavy atom. The SMILES string of the molecule is CCCNC(=O)[C@@H](C)NC(=O)COC(=O)c1c(C)nc2ccccc2c1C. The van der Waals surface area contributed by atoms with Gasteiger partial charge < -0.3 is 15.4 Å². The molecule has 2 aromatic rings. The number of hydrogen-bond donors (Lipinski definition) is 2. The van der Waals surface area contributed by atoms with E-state index in [-0.39, 0.29) is 5.91 Å². The minimum atomic E-state index is -0.700. The van der Waals surface area contributed by atoms with Gasteiger partial charge in [-0.15, -0.1) is 0 Å². The first-order chi connectivity index (χ1) is 12.8. The summed E-state index contributed by atoms with van der Waals surface area (Å²) in [7, 11) is 0. The predicted octanol–water partition coefficient (Wildman–Crippen LogP) is 2.04. The molecule has 0 unspecified atom stereocenters. The van der Waals surface area contributed by atoms with Gasteiger partial charge in [0.15, 0.2) is 6.61 Å². The molecule has 0 bridgehead atoms. The van der Waals surface area contributed by atoms with Crippen LogP contribution in [0.5, 0.6) is 0 Å². The van der Waals surface area contributed by atoms with Crippen LogP contribution in [0.15, 0.2) is 24.3 Å². The molecule has 0 radical (unpaired) electrons. The molecule has 0 fully saturated rings. The monoisotopic (exact) mass is 371 g/mol. The lowest BCUT2D eigenvalue weighted by Gasteiger charge is -2.15. The quantitative estimate of drug-likeness (QED) is 0.726. The maximum absolute atomic E-state index is 12.5. The van der Waals surface area contributed by atoms with Crippen LogP contribution in [0.4, 0.5) is 0 Å². The fourth-order valence-electron chi connectivity index (χ4n) is 2.78. The van der Waals surface area contributed by atoms with Crippen molar-refractivity contribution in [2.24, 2.45) is 0 Å². The van der Waals surface area contributed by atoms with Crippen LogP contribution >= 0.6 is 0 Å². The van der Waals surface area contributed by atoms with Crippen LogP contribution in [0.2, 0.25) is 0 Å². The normalized spacial score (nSPS) is 11.7. The number of nitrogens with one attached hydrogen (secondary N) is 2. The zero-order valence-electron chi connectivity index (χ0n) is 16.1. The van der Waals surface area contributed by atoms with Crippen molar-refractivity contribution < 1.29 is 19.1 Å². The lowest BCUT2D eigenvalue weighted by molar-refractivity contribution is -0.130. The van der Waals surface area contributed by atoms with Gasteiger partial charge in [0.25, 0.3) is 5.91 Å². The summed E-state index contributed by atoms with van der Waals surface area (Å²) in [6, 6.07) is 6.82. The van der Waals surface area contributed by atoms with Gasteiger partial charge in [-0.2, -0.15) is 0 Å². The number of nitrogens with zero attached hydrogens (tertiary/aromatic N) is 1. The van der Waals surface area contributed by atoms with Gasteiger partial charge in [0.2, 0.25) is 5.91 Å². The molecule has 0 aliphatic rings. The third-order valence-electron chi connectivity index (χ3n) is 4.19. The Balaban J connectivity index is 2.01. The number of hydrogen-bond acceptors (Lipinski definition) is 5. The molecule has 0 saturated heterocycles. The number of aromatic nitrogens is 1. The lowest BCUT2D eigenvalue weighted by atomic mass is 10.0. The van der Waals surface area contributed by atoms with Gasteiger partial charge in [-0.1, -0.05) is 25.1 Å². The van der Waals surface area contributed by atoms with Crippen LogP contribution < -0.4 is 10.6 Å². The minimum absolute atomic E-state index is 0.276. The Labute approximate surface area is 158 Å². The third kappa shape index (κ3) is 5.03. The first kappa shape index (κ1) is 20.4. The molecular weight excluding hydrogens is 346 g/mol. The van der Waals surface area contributed by atoms with E-state index in [9.17, 15) is 14.4 Å². The van der Waals surface area contributed by atoms with Crippen LogP contribution in [0, 0.1) is 13.8 Å². The smallest absolute Gasteiger partial charge is 0.340 e. The van der Waals surface area contributed by atoms with Crippen LogP contribution in [0.3, 0.4) is 0 Å². The Morgan fingerprint density at radius 1 is 1.19 bits per heavy atom. The van der Waals surface area contributed by atoms with E-state index < -0.39 is 24.5 Å². The van der Waals surface area contributed by atoms with Crippen molar-refractivity contribution >= 4 is 28.7 Å². The number of carbonyl (C=O) groups excluding carboxylic acids is 3. The number of amides is 2. The highest BCUT2D eigenvalue weighted by Gasteiger charge is 2.20. The van der Waals surface area contributed by atoms with Crippen LogP contribution in [-0.2, 0) is 14.3 Å². The highest BCUT2D eigenvalue weighted by atomic mass is 16.5. The second-order valence-corrected chi connectivity index (χ2v) is 6.37. The summed E-state index contributed by atoms with van der Waals surface area (Å²) < 4.78 is 5.14. The maximum Gasteiger partial charge on any atom is 0.340 e. The number of carbonyl (C=O) groups is 3. The van der Waals surface area contributed by atoms with Gasteiger partial charge in [0.1, 0.15) is 6.04 Å². The Kier molecular flexibility index (Phi) is 6.87.